The van der Waals surface area contributed by atoms with E-state index in [1.807, 2.05) is 13.8 Å². The van der Waals surface area contributed by atoms with Crippen molar-refractivity contribution >= 4 is 24.5 Å². The van der Waals surface area contributed by atoms with Gasteiger partial charge in [-0.25, -0.2) is 0 Å². The van der Waals surface area contributed by atoms with Crippen LogP contribution in [0.2, 0.25) is 13.1 Å². The second-order valence-corrected chi connectivity index (χ2v) is 3.73. The van der Waals surface area contributed by atoms with E-state index in [4.69, 9.17) is 16.6 Å². The molecule has 0 saturated carbocycles. The van der Waals surface area contributed by atoms with Gasteiger partial charge in [0.1, 0.15) is 0 Å². The molecule has 0 saturated heterocycles. The number of esters is 1. The summed E-state index contributed by atoms with van der Waals surface area (Å²) in [6, 6.07) is -0.123. The molecule has 0 heterocycles. The lowest BCUT2D eigenvalue weighted by atomic mass is 9.62. The molecule has 0 aromatic carbocycles. The van der Waals surface area contributed by atoms with Gasteiger partial charge in [0.2, 0.25) is 0 Å². The summed E-state index contributed by atoms with van der Waals surface area (Å²) in [5.74, 6) is -0.435. The van der Waals surface area contributed by atoms with Crippen LogP contribution in [0.25, 0.3) is 0 Å². The third-order valence-corrected chi connectivity index (χ3v) is 2.01. The van der Waals surface area contributed by atoms with Crippen molar-refractivity contribution < 1.29 is 14.6 Å². The molecule has 0 aliphatic heterocycles. The predicted octanol–water partition coefficient (Wildman–Crippen LogP) is 1.61. The number of halogens is 1. The molecule has 0 aliphatic carbocycles. The van der Waals surface area contributed by atoms with Gasteiger partial charge in [0, 0.05) is 0 Å². The Kier molecular flexibility index (Phi) is 6.17. The topological polar surface area (TPSA) is 46.5 Å². The van der Waals surface area contributed by atoms with Crippen molar-refractivity contribution in [2.24, 2.45) is 11.8 Å². The molecular formula is C8H16BClO3. The normalized spacial score (nSPS) is 12.8. The minimum absolute atomic E-state index is 0.123. The van der Waals surface area contributed by atoms with Crippen molar-refractivity contribution in [1.29, 1.82) is 0 Å². The highest BCUT2D eigenvalue weighted by atomic mass is 35.5. The first-order valence-electron chi connectivity index (χ1n) is 4.39. The van der Waals surface area contributed by atoms with E-state index in [2.05, 4.69) is 4.74 Å². The van der Waals surface area contributed by atoms with Crippen LogP contribution in [0, 0.1) is 11.8 Å². The minimum Gasteiger partial charge on any atom is -0.451 e. The third kappa shape index (κ3) is 5.16. The Bertz CT molecular complexity index is 161. The Morgan fingerprint density at radius 2 is 2.15 bits per heavy atom. The highest BCUT2D eigenvalue weighted by Crippen LogP contribution is 2.19. The number of rotatable bonds is 5. The fourth-order valence-electron chi connectivity index (χ4n) is 1.17. The number of hydrogen-bond donors (Lipinski definition) is 1. The molecule has 5 heteroatoms. The first-order chi connectivity index (χ1) is 5.99. The van der Waals surface area contributed by atoms with Gasteiger partial charge in [-0.15, -0.1) is 0 Å². The second kappa shape index (κ2) is 6.27. The molecule has 13 heavy (non-hydrogen) atoms. The molecule has 0 aromatic rings. The average Bonchev–Trinajstić information content (AvgIpc) is 1.99. The molecular weight excluding hydrogens is 190 g/mol. The van der Waals surface area contributed by atoms with E-state index in [-0.39, 0.29) is 23.9 Å². The maximum Gasteiger partial charge on any atom is 0.309 e. The molecule has 0 amide bonds. The molecule has 0 spiro atoms. The summed E-state index contributed by atoms with van der Waals surface area (Å²) in [6.45, 7) is 5.00. The lowest BCUT2D eigenvalue weighted by molar-refractivity contribution is -0.147. The summed E-state index contributed by atoms with van der Waals surface area (Å²) in [5, 5.41) is 9.15. The van der Waals surface area contributed by atoms with Crippen LogP contribution >= 0.6 is 11.6 Å². The van der Waals surface area contributed by atoms with Crippen molar-refractivity contribution in [2.45, 2.75) is 27.0 Å². The average molecular weight is 206 g/mol. The monoisotopic (exact) mass is 206 g/mol. The van der Waals surface area contributed by atoms with Gasteiger partial charge in [-0.3, -0.25) is 4.79 Å². The molecule has 1 atom stereocenters. The molecule has 0 fully saturated rings. The van der Waals surface area contributed by atoms with Crippen molar-refractivity contribution in [3.05, 3.63) is 0 Å². The lowest BCUT2D eigenvalue weighted by Gasteiger charge is -2.18. The SMILES string of the molecule is CB(O)C[C@H](C(=O)OCCl)C(C)C. The zero-order valence-electron chi connectivity index (χ0n) is 8.29. The van der Waals surface area contributed by atoms with E-state index in [0.717, 1.165) is 0 Å². The number of carbonyl (C=O) groups is 1. The van der Waals surface area contributed by atoms with Gasteiger partial charge in [-0.05, 0) is 12.2 Å². The summed E-state index contributed by atoms with van der Waals surface area (Å²) in [5.41, 5.74) is 0. The van der Waals surface area contributed by atoms with Gasteiger partial charge >= 0.3 is 5.97 Å². The molecule has 0 aromatic heterocycles. The second-order valence-electron chi connectivity index (χ2n) is 3.51. The van der Waals surface area contributed by atoms with Crippen LogP contribution in [-0.4, -0.2) is 24.0 Å². The lowest BCUT2D eigenvalue weighted by Crippen LogP contribution is -2.26. The van der Waals surface area contributed by atoms with Gasteiger partial charge in [-0.1, -0.05) is 32.3 Å². The molecule has 0 radical (unpaired) electrons. The Labute approximate surface area is 84.5 Å². The van der Waals surface area contributed by atoms with Crippen molar-refractivity contribution in [3.8, 4) is 0 Å². The van der Waals surface area contributed by atoms with Gasteiger partial charge < -0.3 is 9.76 Å². The summed E-state index contributed by atoms with van der Waals surface area (Å²) >= 11 is 5.28. The molecule has 0 rings (SSSR count). The molecule has 3 nitrogen and oxygen atoms in total. The minimum atomic E-state index is -0.490. The molecule has 76 valence electrons. The van der Waals surface area contributed by atoms with Crippen LogP contribution < -0.4 is 0 Å². The van der Waals surface area contributed by atoms with Crippen LogP contribution in [0.3, 0.4) is 0 Å². The summed E-state index contributed by atoms with van der Waals surface area (Å²) in [7, 11) is 0. The number of alkyl halides is 1. The van der Waals surface area contributed by atoms with Crippen molar-refractivity contribution in [2.75, 3.05) is 6.07 Å². The zero-order valence-corrected chi connectivity index (χ0v) is 9.04. The van der Waals surface area contributed by atoms with Crippen molar-refractivity contribution in [3.63, 3.8) is 0 Å². The maximum atomic E-state index is 11.3. The van der Waals surface area contributed by atoms with Crippen LogP contribution in [0.15, 0.2) is 0 Å². The van der Waals surface area contributed by atoms with E-state index >= 15 is 0 Å². The molecule has 0 aliphatic rings. The summed E-state index contributed by atoms with van der Waals surface area (Å²) in [4.78, 5) is 11.3. The Balaban J connectivity index is 4.15. The van der Waals surface area contributed by atoms with Crippen LogP contribution in [0.5, 0.6) is 0 Å². The first-order valence-corrected chi connectivity index (χ1v) is 4.93. The van der Waals surface area contributed by atoms with Gasteiger partial charge in [-0.2, -0.15) is 0 Å². The molecule has 0 unspecified atom stereocenters. The standard InChI is InChI=1S/C8H16BClO3/c1-6(2)7(4-9(3)12)8(11)13-5-10/h6-7,12H,4-5H2,1-3H3/t7-/m0/s1. The van der Waals surface area contributed by atoms with Gasteiger partial charge in [0.25, 0.3) is 6.92 Å². The third-order valence-electron chi connectivity index (χ3n) is 1.90. The summed E-state index contributed by atoms with van der Waals surface area (Å²) in [6.07, 6.45) is 0.424. The van der Waals surface area contributed by atoms with E-state index in [1.54, 1.807) is 6.82 Å². The fourth-order valence-corrected chi connectivity index (χ4v) is 1.28. The largest absolute Gasteiger partial charge is 0.451 e. The highest BCUT2D eigenvalue weighted by molar-refractivity contribution is 6.49. The van der Waals surface area contributed by atoms with E-state index < -0.39 is 6.92 Å². The van der Waals surface area contributed by atoms with Crippen LogP contribution in [0.4, 0.5) is 0 Å². The fraction of sp³-hybridized carbons (Fsp3) is 0.875. The van der Waals surface area contributed by atoms with Crippen LogP contribution in [-0.2, 0) is 9.53 Å². The molecule has 0 bridgehead atoms. The number of ether oxygens (including phenoxy) is 1. The Hall–Kier alpha value is -0.215. The van der Waals surface area contributed by atoms with E-state index in [9.17, 15) is 4.79 Å². The van der Waals surface area contributed by atoms with Crippen molar-refractivity contribution in [1.82, 2.24) is 0 Å². The Morgan fingerprint density at radius 1 is 1.62 bits per heavy atom. The zero-order chi connectivity index (χ0) is 10.4. The quantitative estimate of drug-likeness (QED) is 0.422. The van der Waals surface area contributed by atoms with Crippen LogP contribution in [0.1, 0.15) is 13.8 Å². The number of carbonyl (C=O) groups excluding carboxylic acids is 1. The first kappa shape index (κ1) is 12.8. The summed E-state index contributed by atoms with van der Waals surface area (Å²) < 4.78 is 4.68. The molecule has 1 N–H and O–H groups in total. The maximum absolute atomic E-state index is 11.3. The van der Waals surface area contributed by atoms with E-state index in [0.29, 0.717) is 6.32 Å². The van der Waals surface area contributed by atoms with Gasteiger partial charge in [0.05, 0.1) is 5.92 Å². The van der Waals surface area contributed by atoms with Gasteiger partial charge in [0.15, 0.2) is 6.07 Å². The number of hydrogen-bond acceptors (Lipinski definition) is 3. The smallest absolute Gasteiger partial charge is 0.309 e. The van der Waals surface area contributed by atoms with E-state index in [1.165, 1.54) is 0 Å². The predicted molar refractivity (Wildman–Crippen MR) is 53.8 cm³/mol. The Morgan fingerprint density at radius 3 is 2.46 bits per heavy atom. The highest BCUT2D eigenvalue weighted by Gasteiger charge is 2.26.